The lowest BCUT2D eigenvalue weighted by molar-refractivity contribution is -0.0832. The Kier molecular flexibility index (Phi) is 7.24. The number of rotatable bonds is 8. The van der Waals surface area contributed by atoms with Gasteiger partial charge in [-0.2, -0.15) is 5.26 Å². The molecule has 5 atom stereocenters. The third kappa shape index (κ3) is 3.98. The van der Waals surface area contributed by atoms with E-state index in [0.717, 1.165) is 33.4 Å². The molecule has 41 heavy (non-hydrogen) atoms. The van der Waals surface area contributed by atoms with Crippen LogP contribution in [0, 0.1) is 25.2 Å². The Balaban J connectivity index is 1.60. The Bertz CT molecular complexity index is 1420. The molecule has 0 spiro atoms. The smallest absolute Gasteiger partial charge is 0.231 e. The lowest BCUT2D eigenvalue weighted by atomic mass is 9.71. The predicted octanol–water partition coefficient (Wildman–Crippen LogP) is 3.35. The van der Waals surface area contributed by atoms with Crippen molar-refractivity contribution in [3.8, 4) is 34.8 Å². The van der Waals surface area contributed by atoms with E-state index >= 15 is 0 Å². The van der Waals surface area contributed by atoms with Crippen LogP contribution in [0.4, 0.5) is 0 Å². The number of aliphatic hydroxyl groups is 1. The standard InChI is InChI=1S/C31H37N3O7/c1-7-8-38-28-17(3)29-31(41-15-40-29)25-19(28)11-21-26-24-18(9-16(2)27(37-6)30(24)39-14-36-5)10-20(33(26)4)22(12-32)34(21)23(25)13-35/h7,9,20-23,26,35H,1,8,10-11,13-15H2,2-6H3/t20-,21-,22?,23?,26+/m1/s1. The first kappa shape index (κ1) is 27.7. The van der Waals surface area contributed by atoms with Crippen molar-refractivity contribution in [1.82, 2.24) is 9.80 Å². The molecule has 0 radical (unpaired) electrons. The summed E-state index contributed by atoms with van der Waals surface area (Å²) in [5, 5.41) is 21.6. The Morgan fingerprint density at radius 3 is 2.56 bits per heavy atom. The molecule has 0 saturated carbocycles. The Morgan fingerprint density at radius 2 is 1.88 bits per heavy atom. The number of nitriles is 1. The van der Waals surface area contributed by atoms with Crippen molar-refractivity contribution in [1.29, 1.82) is 5.26 Å². The Labute approximate surface area is 240 Å². The first-order chi connectivity index (χ1) is 19.9. The summed E-state index contributed by atoms with van der Waals surface area (Å²) in [7, 11) is 5.32. The zero-order valence-electron chi connectivity index (χ0n) is 24.2. The van der Waals surface area contributed by atoms with E-state index in [2.05, 4.69) is 35.6 Å². The van der Waals surface area contributed by atoms with Crippen LogP contribution in [0.1, 0.15) is 45.5 Å². The van der Waals surface area contributed by atoms with Crippen LogP contribution in [0.25, 0.3) is 0 Å². The first-order valence-corrected chi connectivity index (χ1v) is 13.9. The fourth-order valence-corrected chi connectivity index (χ4v) is 7.58. The SMILES string of the molecule is C=CCOc1c(C)c2c(c3c1C[C@@H]1[C@H]4c5c(cc(C)c(OC)c5OCOC)C[C@H](C(C#N)N1C3CO)N4C)OCO2. The number of piperazine rings is 1. The fourth-order valence-electron chi connectivity index (χ4n) is 7.58. The first-order valence-electron chi connectivity index (χ1n) is 13.9. The quantitative estimate of drug-likeness (QED) is 0.380. The van der Waals surface area contributed by atoms with Crippen molar-refractivity contribution in [3.05, 3.63) is 52.1 Å². The van der Waals surface area contributed by atoms with Gasteiger partial charge >= 0.3 is 0 Å². The van der Waals surface area contributed by atoms with Gasteiger partial charge in [0.25, 0.3) is 0 Å². The van der Waals surface area contributed by atoms with Crippen LogP contribution in [-0.4, -0.2) is 81.1 Å². The molecule has 0 amide bonds. The fraction of sp³-hybridized carbons (Fsp3) is 0.516. The summed E-state index contributed by atoms with van der Waals surface area (Å²) in [6.07, 6.45) is 2.93. The van der Waals surface area contributed by atoms with E-state index in [-0.39, 0.29) is 38.3 Å². The van der Waals surface area contributed by atoms with E-state index in [9.17, 15) is 10.4 Å². The minimum atomic E-state index is -0.494. The summed E-state index contributed by atoms with van der Waals surface area (Å²) in [5.74, 6) is 3.30. The summed E-state index contributed by atoms with van der Waals surface area (Å²) >= 11 is 0. The second kappa shape index (κ2) is 10.7. The molecule has 2 unspecified atom stereocenters. The molecule has 4 aliphatic heterocycles. The summed E-state index contributed by atoms with van der Waals surface area (Å²) < 4.78 is 35.6. The molecule has 10 heteroatoms. The van der Waals surface area contributed by atoms with Gasteiger partial charge in [-0.05, 0) is 44.9 Å². The second-order valence-electron chi connectivity index (χ2n) is 11.1. The highest BCUT2D eigenvalue weighted by Crippen LogP contribution is 2.58. The molecule has 4 aliphatic rings. The van der Waals surface area contributed by atoms with Gasteiger partial charge in [0.05, 0.1) is 31.9 Å². The van der Waals surface area contributed by atoms with E-state index in [1.165, 1.54) is 0 Å². The van der Waals surface area contributed by atoms with Crippen LogP contribution < -0.4 is 23.7 Å². The highest BCUT2D eigenvalue weighted by atomic mass is 16.7. The van der Waals surface area contributed by atoms with Gasteiger partial charge in [0.1, 0.15) is 18.4 Å². The van der Waals surface area contributed by atoms with Crippen molar-refractivity contribution < 1.29 is 33.5 Å². The van der Waals surface area contributed by atoms with E-state index < -0.39 is 12.1 Å². The minimum Gasteiger partial charge on any atom is -0.493 e. The zero-order valence-corrected chi connectivity index (χ0v) is 24.2. The van der Waals surface area contributed by atoms with Crippen molar-refractivity contribution in [2.45, 2.75) is 56.9 Å². The third-order valence-corrected chi connectivity index (χ3v) is 9.09. The van der Waals surface area contributed by atoms with Crippen LogP contribution in [0.15, 0.2) is 18.7 Å². The van der Waals surface area contributed by atoms with Gasteiger partial charge in [0.2, 0.25) is 6.79 Å². The zero-order chi connectivity index (χ0) is 29.0. The predicted molar refractivity (Wildman–Crippen MR) is 150 cm³/mol. The number of hydrogen-bond donors (Lipinski definition) is 1. The molecular formula is C31H37N3O7. The van der Waals surface area contributed by atoms with E-state index in [0.29, 0.717) is 48.2 Å². The van der Waals surface area contributed by atoms with E-state index in [4.69, 9.17) is 28.4 Å². The summed E-state index contributed by atoms with van der Waals surface area (Å²) in [4.78, 5) is 4.50. The monoisotopic (exact) mass is 563 g/mol. The van der Waals surface area contributed by atoms with Gasteiger partial charge < -0.3 is 33.5 Å². The number of aliphatic hydroxyl groups excluding tert-OH is 1. The maximum absolute atomic E-state index is 11.0. The van der Waals surface area contributed by atoms with Crippen molar-refractivity contribution in [2.24, 2.45) is 0 Å². The summed E-state index contributed by atoms with van der Waals surface area (Å²) in [6.45, 7) is 8.11. The number of fused-ring (bicyclic) bond motifs is 9. The Morgan fingerprint density at radius 1 is 1.10 bits per heavy atom. The number of benzene rings is 2. The van der Waals surface area contributed by atoms with Gasteiger partial charge in [-0.3, -0.25) is 9.80 Å². The van der Waals surface area contributed by atoms with Crippen LogP contribution in [0.2, 0.25) is 0 Å². The lowest BCUT2D eigenvalue weighted by Gasteiger charge is -2.59. The van der Waals surface area contributed by atoms with E-state index in [1.54, 1.807) is 20.3 Å². The third-order valence-electron chi connectivity index (χ3n) is 9.09. The largest absolute Gasteiger partial charge is 0.493 e. The molecule has 0 aliphatic carbocycles. The summed E-state index contributed by atoms with van der Waals surface area (Å²) in [6, 6.07) is 3.36. The summed E-state index contributed by atoms with van der Waals surface area (Å²) in [5.41, 5.74) is 5.78. The van der Waals surface area contributed by atoms with E-state index in [1.807, 2.05) is 13.8 Å². The van der Waals surface area contributed by atoms with Crippen molar-refractivity contribution >= 4 is 0 Å². The molecule has 10 nitrogen and oxygen atoms in total. The second-order valence-corrected chi connectivity index (χ2v) is 11.1. The number of methoxy groups -OCH3 is 2. The van der Waals surface area contributed by atoms with Crippen LogP contribution >= 0.6 is 0 Å². The molecule has 218 valence electrons. The van der Waals surface area contributed by atoms with Crippen LogP contribution in [0.3, 0.4) is 0 Å². The van der Waals surface area contributed by atoms with Crippen LogP contribution in [0.5, 0.6) is 28.7 Å². The molecule has 6 rings (SSSR count). The number of ether oxygens (including phenoxy) is 6. The van der Waals surface area contributed by atoms with Crippen molar-refractivity contribution in [2.75, 3.05) is 48.1 Å². The molecule has 2 aromatic carbocycles. The van der Waals surface area contributed by atoms with Crippen molar-refractivity contribution in [3.63, 3.8) is 0 Å². The number of nitrogens with zero attached hydrogens (tertiary/aromatic N) is 3. The molecule has 4 heterocycles. The molecule has 2 aromatic rings. The average Bonchev–Trinajstić information content (AvgIpc) is 3.46. The molecular weight excluding hydrogens is 526 g/mol. The lowest BCUT2D eigenvalue weighted by Crippen LogP contribution is -2.68. The normalized spacial score (nSPS) is 25.9. The number of likely N-dealkylation sites (N-methyl/N-ethyl adjacent to an activating group) is 1. The number of aryl methyl sites for hydroxylation is 1. The van der Waals surface area contributed by atoms with Gasteiger partial charge in [-0.25, -0.2) is 0 Å². The molecule has 1 saturated heterocycles. The molecule has 1 N–H and O–H groups in total. The maximum atomic E-state index is 11.0. The van der Waals surface area contributed by atoms with Gasteiger partial charge in [0.15, 0.2) is 29.8 Å². The highest BCUT2D eigenvalue weighted by Gasteiger charge is 2.56. The van der Waals surface area contributed by atoms with Gasteiger partial charge in [0, 0.05) is 41.4 Å². The number of hydrogen-bond acceptors (Lipinski definition) is 10. The minimum absolute atomic E-state index is 0.0750. The Hall–Kier alpha value is -3.49. The van der Waals surface area contributed by atoms with Gasteiger partial charge in [-0.1, -0.05) is 18.7 Å². The van der Waals surface area contributed by atoms with Crippen LogP contribution in [-0.2, 0) is 17.6 Å². The maximum Gasteiger partial charge on any atom is 0.231 e. The molecule has 0 aromatic heterocycles. The van der Waals surface area contributed by atoms with Gasteiger partial charge in [-0.15, -0.1) is 0 Å². The highest BCUT2D eigenvalue weighted by molar-refractivity contribution is 5.66. The molecule has 2 bridgehead atoms. The average molecular weight is 564 g/mol. The molecule has 1 fully saturated rings. The topological polar surface area (TPSA) is 106 Å².